The fourth-order valence-electron chi connectivity index (χ4n) is 4.08. The molecule has 3 heterocycles. The lowest BCUT2D eigenvalue weighted by Gasteiger charge is -2.35. The maximum Gasteiger partial charge on any atom is 0.227 e. The topological polar surface area (TPSA) is 66.9 Å². The molecular weight excluding hydrogens is 344 g/mol. The van der Waals surface area contributed by atoms with Crippen LogP contribution in [0.2, 0.25) is 0 Å². The van der Waals surface area contributed by atoms with E-state index in [4.69, 9.17) is 4.74 Å². The molecule has 0 N–H and O–H groups in total. The predicted molar refractivity (Wildman–Crippen MR) is 102 cm³/mol. The molecule has 6 nitrogen and oxygen atoms in total. The van der Waals surface area contributed by atoms with E-state index in [0.717, 1.165) is 25.8 Å². The zero-order valence-electron chi connectivity index (χ0n) is 16.1. The van der Waals surface area contributed by atoms with Crippen LogP contribution in [-0.4, -0.2) is 60.2 Å². The summed E-state index contributed by atoms with van der Waals surface area (Å²) in [6.45, 7) is 3.92. The summed E-state index contributed by atoms with van der Waals surface area (Å²) in [5.41, 5.74) is 0.587. The van der Waals surface area contributed by atoms with Crippen LogP contribution < -0.4 is 4.74 Å². The van der Waals surface area contributed by atoms with Crippen molar-refractivity contribution < 1.29 is 19.1 Å². The van der Waals surface area contributed by atoms with Crippen LogP contribution in [0.25, 0.3) is 0 Å². The first-order valence-corrected chi connectivity index (χ1v) is 9.79. The van der Waals surface area contributed by atoms with E-state index in [1.54, 1.807) is 36.3 Å². The number of ether oxygens (including phenoxy) is 1. The molecule has 1 aromatic rings. The minimum Gasteiger partial charge on any atom is -0.497 e. The molecule has 3 aliphatic rings. The van der Waals surface area contributed by atoms with Gasteiger partial charge in [-0.1, -0.05) is 6.92 Å². The summed E-state index contributed by atoms with van der Waals surface area (Å²) in [5.74, 6) is 0.727. The van der Waals surface area contributed by atoms with Gasteiger partial charge in [-0.25, -0.2) is 0 Å². The fourth-order valence-corrected chi connectivity index (χ4v) is 4.08. The third kappa shape index (κ3) is 4.31. The van der Waals surface area contributed by atoms with E-state index in [-0.39, 0.29) is 42.4 Å². The second-order valence-corrected chi connectivity index (χ2v) is 7.41. The van der Waals surface area contributed by atoms with Gasteiger partial charge in [-0.3, -0.25) is 14.4 Å². The predicted octanol–water partition coefficient (Wildman–Crippen LogP) is 2.52. The van der Waals surface area contributed by atoms with E-state index in [1.165, 1.54) is 0 Å². The highest BCUT2D eigenvalue weighted by atomic mass is 16.5. The Hall–Kier alpha value is -2.37. The number of nitrogens with zero attached hydrogens (tertiary/aromatic N) is 2. The van der Waals surface area contributed by atoms with Gasteiger partial charge in [0, 0.05) is 44.1 Å². The Labute approximate surface area is 160 Å². The number of Topliss-reactive ketones (excluding diaryl/α,β-unsaturated/α-hetero) is 1. The first-order valence-electron chi connectivity index (χ1n) is 9.79. The molecule has 2 amide bonds. The summed E-state index contributed by atoms with van der Waals surface area (Å²) < 4.78 is 5.10. The van der Waals surface area contributed by atoms with E-state index in [0.29, 0.717) is 24.4 Å². The molecule has 1 aromatic carbocycles. The van der Waals surface area contributed by atoms with Crippen molar-refractivity contribution >= 4 is 17.6 Å². The SMILES string of the molecule is CCCN1C(=O)[C@@H]2CC[C@H]1CN(C(=O)CCC(=O)c1ccc(OC)cc1)C2. The Balaban J connectivity index is 1.58. The van der Waals surface area contributed by atoms with Crippen LogP contribution >= 0.6 is 0 Å². The first-order chi connectivity index (χ1) is 13.0. The monoisotopic (exact) mass is 372 g/mol. The number of carbonyl (C=O) groups excluding carboxylic acids is 3. The molecule has 0 unspecified atom stereocenters. The highest BCUT2D eigenvalue weighted by Crippen LogP contribution is 2.29. The van der Waals surface area contributed by atoms with Gasteiger partial charge in [0.15, 0.2) is 5.78 Å². The lowest BCUT2D eigenvalue weighted by molar-refractivity contribution is -0.139. The van der Waals surface area contributed by atoms with E-state index < -0.39 is 0 Å². The summed E-state index contributed by atoms with van der Waals surface area (Å²) in [4.78, 5) is 41.4. The lowest BCUT2D eigenvalue weighted by atomic mass is 9.94. The van der Waals surface area contributed by atoms with Gasteiger partial charge in [0.1, 0.15) is 5.75 Å². The standard InChI is InChI=1S/C21H28N2O4/c1-3-12-23-17-7-4-16(21(23)26)13-22(14-17)20(25)11-10-19(24)15-5-8-18(27-2)9-6-15/h5-6,8-9,16-17H,3-4,7,10-14H2,1-2H3/t16-,17+/m1/s1. The Bertz CT molecular complexity index is 701. The van der Waals surface area contributed by atoms with Gasteiger partial charge < -0.3 is 14.5 Å². The van der Waals surface area contributed by atoms with Crippen LogP contribution in [0.15, 0.2) is 24.3 Å². The number of benzene rings is 1. The third-order valence-corrected chi connectivity index (χ3v) is 5.59. The van der Waals surface area contributed by atoms with Gasteiger partial charge in [-0.15, -0.1) is 0 Å². The van der Waals surface area contributed by atoms with Gasteiger partial charge >= 0.3 is 0 Å². The van der Waals surface area contributed by atoms with Crippen molar-refractivity contribution in [2.45, 2.75) is 45.1 Å². The molecule has 0 spiro atoms. The van der Waals surface area contributed by atoms with E-state index in [2.05, 4.69) is 6.92 Å². The van der Waals surface area contributed by atoms with Crippen molar-refractivity contribution in [1.29, 1.82) is 0 Å². The molecule has 6 heteroatoms. The van der Waals surface area contributed by atoms with Crippen molar-refractivity contribution in [3.63, 3.8) is 0 Å². The highest BCUT2D eigenvalue weighted by molar-refractivity contribution is 5.98. The van der Waals surface area contributed by atoms with E-state index in [9.17, 15) is 14.4 Å². The number of carbonyl (C=O) groups is 3. The summed E-state index contributed by atoms with van der Waals surface area (Å²) in [5, 5.41) is 0. The summed E-state index contributed by atoms with van der Waals surface area (Å²) in [6, 6.07) is 7.06. The molecule has 3 aliphatic heterocycles. The molecule has 0 radical (unpaired) electrons. The number of ketones is 1. The van der Waals surface area contributed by atoms with Crippen molar-refractivity contribution in [1.82, 2.24) is 9.80 Å². The Morgan fingerprint density at radius 3 is 2.52 bits per heavy atom. The summed E-state index contributed by atoms with van der Waals surface area (Å²) >= 11 is 0. The van der Waals surface area contributed by atoms with Crippen LogP contribution in [0.1, 0.15) is 49.4 Å². The molecular formula is C21H28N2O4. The fraction of sp³-hybridized carbons (Fsp3) is 0.571. The minimum atomic E-state index is -0.0865. The average Bonchev–Trinajstić information content (AvgIpc) is 2.98. The highest BCUT2D eigenvalue weighted by Gasteiger charge is 2.41. The second kappa shape index (κ2) is 8.55. The quantitative estimate of drug-likeness (QED) is 0.690. The summed E-state index contributed by atoms with van der Waals surface area (Å²) in [7, 11) is 1.58. The van der Waals surface area contributed by atoms with Gasteiger partial charge in [0.05, 0.1) is 13.0 Å². The summed E-state index contributed by atoms with van der Waals surface area (Å²) in [6.07, 6.45) is 3.12. The number of hydrogen-bond acceptors (Lipinski definition) is 4. The molecule has 2 bridgehead atoms. The molecule has 27 heavy (non-hydrogen) atoms. The van der Waals surface area contributed by atoms with Gasteiger partial charge in [-0.05, 0) is 43.5 Å². The Kier molecular flexibility index (Phi) is 6.14. The third-order valence-electron chi connectivity index (χ3n) is 5.59. The van der Waals surface area contributed by atoms with Gasteiger partial charge in [0.2, 0.25) is 11.8 Å². The first kappa shape index (κ1) is 19.4. The zero-order valence-corrected chi connectivity index (χ0v) is 16.1. The van der Waals surface area contributed by atoms with Gasteiger partial charge in [0.25, 0.3) is 0 Å². The molecule has 2 atom stereocenters. The number of hydrogen-bond donors (Lipinski definition) is 0. The zero-order chi connectivity index (χ0) is 19.4. The normalized spacial score (nSPS) is 21.9. The molecule has 4 rings (SSSR count). The molecule has 3 saturated heterocycles. The van der Waals surface area contributed by atoms with Crippen LogP contribution in [0.4, 0.5) is 0 Å². The number of fused-ring (bicyclic) bond motifs is 4. The van der Waals surface area contributed by atoms with Gasteiger partial charge in [-0.2, -0.15) is 0 Å². The lowest BCUT2D eigenvalue weighted by Crippen LogP contribution is -2.48. The number of methoxy groups -OCH3 is 1. The van der Waals surface area contributed by atoms with Crippen molar-refractivity contribution in [3.05, 3.63) is 29.8 Å². The van der Waals surface area contributed by atoms with Crippen molar-refractivity contribution in [2.24, 2.45) is 5.92 Å². The Morgan fingerprint density at radius 1 is 1.11 bits per heavy atom. The number of rotatable bonds is 7. The Morgan fingerprint density at radius 2 is 1.85 bits per heavy atom. The molecule has 146 valence electrons. The second-order valence-electron chi connectivity index (χ2n) is 7.41. The smallest absolute Gasteiger partial charge is 0.227 e. The minimum absolute atomic E-state index is 0.0279. The number of piperidine rings is 1. The molecule has 0 aliphatic carbocycles. The largest absolute Gasteiger partial charge is 0.497 e. The average molecular weight is 372 g/mol. The molecule has 3 fully saturated rings. The van der Waals surface area contributed by atoms with Crippen molar-refractivity contribution in [2.75, 3.05) is 26.7 Å². The molecule has 0 aromatic heterocycles. The maximum atomic E-state index is 12.7. The van der Waals surface area contributed by atoms with Crippen LogP contribution in [0, 0.1) is 5.92 Å². The van der Waals surface area contributed by atoms with Crippen molar-refractivity contribution in [3.8, 4) is 5.75 Å². The number of amides is 2. The maximum absolute atomic E-state index is 12.7. The van der Waals surface area contributed by atoms with E-state index >= 15 is 0 Å². The van der Waals surface area contributed by atoms with E-state index in [1.807, 2.05) is 4.90 Å². The van der Waals surface area contributed by atoms with Crippen LogP contribution in [0.5, 0.6) is 5.75 Å². The molecule has 0 saturated carbocycles. The van der Waals surface area contributed by atoms with Crippen LogP contribution in [-0.2, 0) is 9.59 Å². The van der Waals surface area contributed by atoms with Crippen LogP contribution in [0.3, 0.4) is 0 Å².